The maximum absolute atomic E-state index is 6.19. The lowest BCUT2D eigenvalue weighted by Gasteiger charge is -2.38. The first kappa shape index (κ1) is 15.3. The molecule has 0 spiro atoms. The zero-order valence-electron chi connectivity index (χ0n) is 12.7. The van der Waals surface area contributed by atoms with Crippen molar-refractivity contribution in [3.05, 3.63) is 0 Å². The maximum Gasteiger partial charge on any atom is 0.0759 e. The predicted octanol–water partition coefficient (Wildman–Crippen LogP) is 2.99. The molecule has 0 bridgehead atoms. The van der Waals surface area contributed by atoms with Crippen molar-refractivity contribution in [3.8, 4) is 0 Å². The van der Waals surface area contributed by atoms with Gasteiger partial charge >= 0.3 is 0 Å². The lowest BCUT2D eigenvalue weighted by Crippen LogP contribution is -2.50. The molecule has 1 aliphatic carbocycles. The van der Waals surface area contributed by atoms with Crippen LogP contribution < -0.4 is 5.32 Å². The van der Waals surface area contributed by atoms with Crippen LogP contribution in [0.5, 0.6) is 0 Å². The first-order valence-corrected chi connectivity index (χ1v) is 8.29. The number of hydrogen-bond donors (Lipinski definition) is 1. The Kier molecular flexibility index (Phi) is 6.62. The van der Waals surface area contributed by atoms with Crippen molar-refractivity contribution in [2.24, 2.45) is 11.8 Å². The molecule has 2 fully saturated rings. The van der Waals surface area contributed by atoms with E-state index in [-0.39, 0.29) is 0 Å². The van der Waals surface area contributed by atoms with E-state index in [1.165, 1.54) is 38.5 Å². The van der Waals surface area contributed by atoms with Crippen LogP contribution in [-0.2, 0) is 9.47 Å². The van der Waals surface area contributed by atoms with Crippen molar-refractivity contribution in [3.63, 3.8) is 0 Å². The summed E-state index contributed by atoms with van der Waals surface area (Å²) in [5, 5.41) is 3.70. The maximum atomic E-state index is 6.19. The van der Waals surface area contributed by atoms with Crippen LogP contribution in [-0.4, -0.2) is 38.5 Å². The van der Waals surface area contributed by atoms with E-state index in [9.17, 15) is 0 Å². The Hall–Kier alpha value is -0.120. The van der Waals surface area contributed by atoms with Crippen LogP contribution in [0.1, 0.15) is 52.4 Å². The standard InChI is InChI=1S/C16H31NO2/c1-3-17-15(14-10-11-18-12-14)16(19-4-2)13-8-6-5-7-9-13/h13-17H,3-12H2,1-2H3. The van der Waals surface area contributed by atoms with E-state index >= 15 is 0 Å². The van der Waals surface area contributed by atoms with Gasteiger partial charge in [0.25, 0.3) is 0 Å². The lowest BCUT2D eigenvalue weighted by atomic mass is 9.79. The molecule has 1 saturated heterocycles. The van der Waals surface area contributed by atoms with Crippen molar-refractivity contribution in [2.75, 3.05) is 26.4 Å². The normalized spacial score (nSPS) is 28.4. The summed E-state index contributed by atoms with van der Waals surface area (Å²) in [5.74, 6) is 1.39. The Bertz CT molecular complexity index is 235. The number of hydrogen-bond acceptors (Lipinski definition) is 3. The Balaban J connectivity index is 2.02. The zero-order chi connectivity index (χ0) is 13.5. The quantitative estimate of drug-likeness (QED) is 0.771. The molecule has 3 unspecified atom stereocenters. The second-order valence-electron chi connectivity index (χ2n) is 6.03. The minimum Gasteiger partial charge on any atom is -0.381 e. The van der Waals surface area contributed by atoms with Gasteiger partial charge in [0.2, 0.25) is 0 Å². The van der Waals surface area contributed by atoms with Crippen LogP contribution in [0.4, 0.5) is 0 Å². The van der Waals surface area contributed by atoms with Crippen molar-refractivity contribution in [1.82, 2.24) is 5.32 Å². The van der Waals surface area contributed by atoms with Crippen molar-refractivity contribution in [2.45, 2.75) is 64.5 Å². The lowest BCUT2D eigenvalue weighted by molar-refractivity contribution is -0.0318. The van der Waals surface area contributed by atoms with E-state index in [4.69, 9.17) is 9.47 Å². The van der Waals surface area contributed by atoms with Gasteiger partial charge in [0.15, 0.2) is 0 Å². The average molecular weight is 269 g/mol. The Morgan fingerprint density at radius 2 is 1.89 bits per heavy atom. The first-order chi connectivity index (χ1) is 9.36. The molecule has 112 valence electrons. The molecule has 19 heavy (non-hydrogen) atoms. The summed E-state index contributed by atoms with van der Waals surface area (Å²) < 4.78 is 11.8. The van der Waals surface area contributed by atoms with Gasteiger partial charge in [0, 0.05) is 25.2 Å². The van der Waals surface area contributed by atoms with Gasteiger partial charge in [-0.3, -0.25) is 0 Å². The van der Waals surface area contributed by atoms with Gasteiger partial charge in [0.1, 0.15) is 0 Å². The first-order valence-electron chi connectivity index (χ1n) is 8.29. The molecular formula is C16H31NO2. The highest BCUT2D eigenvalue weighted by molar-refractivity contribution is 4.90. The fraction of sp³-hybridized carbons (Fsp3) is 1.00. The largest absolute Gasteiger partial charge is 0.381 e. The zero-order valence-corrected chi connectivity index (χ0v) is 12.7. The molecular weight excluding hydrogens is 238 g/mol. The van der Waals surface area contributed by atoms with Gasteiger partial charge in [-0.25, -0.2) is 0 Å². The fourth-order valence-corrected chi connectivity index (χ4v) is 3.81. The number of ether oxygens (including phenoxy) is 2. The molecule has 0 aromatic heterocycles. The highest BCUT2D eigenvalue weighted by Crippen LogP contribution is 2.33. The van der Waals surface area contributed by atoms with E-state index in [1.807, 2.05) is 0 Å². The van der Waals surface area contributed by atoms with Gasteiger partial charge < -0.3 is 14.8 Å². The molecule has 0 aromatic rings. The molecule has 3 heteroatoms. The smallest absolute Gasteiger partial charge is 0.0759 e. The summed E-state index contributed by atoms with van der Waals surface area (Å²) in [5.41, 5.74) is 0. The predicted molar refractivity (Wildman–Crippen MR) is 78.4 cm³/mol. The molecule has 1 heterocycles. The van der Waals surface area contributed by atoms with Gasteiger partial charge in [-0.05, 0) is 38.6 Å². The van der Waals surface area contributed by atoms with Crippen molar-refractivity contribution < 1.29 is 9.47 Å². The van der Waals surface area contributed by atoms with Gasteiger partial charge in [-0.2, -0.15) is 0 Å². The molecule has 3 atom stereocenters. The molecule has 1 N–H and O–H groups in total. The van der Waals surface area contributed by atoms with E-state index in [2.05, 4.69) is 19.2 Å². The number of likely N-dealkylation sites (N-methyl/N-ethyl adjacent to an activating group) is 1. The van der Waals surface area contributed by atoms with Crippen LogP contribution in [0.3, 0.4) is 0 Å². The summed E-state index contributed by atoms with van der Waals surface area (Å²) in [6, 6.07) is 0.482. The summed E-state index contributed by atoms with van der Waals surface area (Å²) >= 11 is 0. The number of nitrogens with one attached hydrogen (secondary N) is 1. The second-order valence-corrected chi connectivity index (χ2v) is 6.03. The van der Waals surface area contributed by atoms with Gasteiger partial charge in [-0.15, -0.1) is 0 Å². The third kappa shape index (κ3) is 4.17. The molecule has 0 aromatic carbocycles. The highest BCUT2D eigenvalue weighted by Gasteiger charge is 2.36. The molecule has 2 aliphatic rings. The molecule has 1 saturated carbocycles. The van der Waals surface area contributed by atoms with Crippen LogP contribution >= 0.6 is 0 Å². The van der Waals surface area contributed by atoms with E-state index in [1.54, 1.807) is 0 Å². The van der Waals surface area contributed by atoms with Crippen LogP contribution in [0.25, 0.3) is 0 Å². The topological polar surface area (TPSA) is 30.5 Å². The SMILES string of the molecule is CCNC(C1CCOC1)C(OCC)C1CCCCC1. The van der Waals surface area contributed by atoms with Gasteiger partial charge in [0.05, 0.1) is 12.7 Å². The monoisotopic (exact) mass is 269 g/mol. The molecule has 0 amide bonds. The van der Waals surface area contributed by atoms with E-state index in [0.29, 0.717) is 18.1 Å². The van der Waals surface area contributed by atoms with E-state index in [0.717, 1.165) is 32.3 Å². The third-order valence-corrected chi connectivity index (χ3v) is 4.74. The second kappa shape index (κ2) is 8.23. The van der Waals surface area contributed by atoms with Crippen LogP contribution in [0.15, 0.2) is 0 Å². The molecule has 3 nitrogen and oxygen atoms in total. The minimum atomic E-state index is 0.386. The Morgan fingerprint density at radius 3 is 2.47 bits per heavy atom. The summed E-state index contributed by atoms with van der Waals surface area (Å²) in [6.07, 6.45) is 8.45. The van der Waals surface area contributed by atoms with E-state index < -0.39 is 0 Å². The van der Waals surface area contributed by atoms with Crippen molar-refractivity contribution in [1.29, 1.82) is 0 Å². The Labute approximate surface area is 118 Å². The Morgan fingerprint density at radius 1 is 1.11 bits per heavy atom. The highest BCUT2D eigenvalue weighted by atomic mass is 16.5. The van der Waals surface area contributed by atoms with Gasteiger partial charge in [-0.1, -0.05) is 26.2 Å². The number of rotatable bonds is 7. The molecule has 0 radical (unpaired) electrons. The van der Waals surface area contributed by atoms with Crippen LogP contribution in [0, 0.1) is 11.8 Å². The average Bonchev–Trinajstić information content (AvgIpc) is 2.97. The third-order valence-electron chi connectivity index (χ3n) is 4.74. The summed E-state index contributed by atoms with van der Waals surface area (Å²) in [6.45, 7) is 8.02. The minimum absolute atomic E-state index is 0.386. The molecule has 1 aliphatic heterocycles. The summed E-state index contributed by atoms with van der Waals surface area (Å²) in [4.78, 5) is 0. The van der Waals surface area contributed by atoms with Crippen LogP contribution in [0.2, 0.25) is 0 Å². The molecule has 2 rings (SSSR count). The summed E-state index contributed by atoms with van der Waals surface area (Å²) in [7, 11) is 0. The fourth-order valence-electron chi connectivity index (χ4n) is 3.81. The van der Waals surface area contributed by atoms with Crippen molar-refractivity contribution >= 4 is 0 Å².